The molecule has 82 valence electrons. The SMILES string of the molecule is C(=Cc1ccc[nH]1)c1ccc2ccccc2n1. The molecule has 1 aromatic carbocycles. The zero-order valence-electron chi connectivity index (χ0n) is 9.30. The van der Waals surface area contributed by atoms with Gasteiger partial charge in [-0.05, 0) is 36.4 Å². The van der Waals surface area contributed by atoms with E-state index in [1.807, 2.05) is 54.7 Å². The predicted molar refractivity (Wildman–Crippen MR) is 71.5 cm³/mol. The number of nitrogens with one attached hydrogen (secondary N) is 1. The van der Waals surface area contributed by atoms with Crippen LogP contribution in [0.1, 0.15) is 11.4 Å². The molecule has 2 heterocycles. The number of aromatic amines is 1. The second kappa shape index (κ2) is 4.26. The molecule has 2 aromatic heterocycles. The number of H-pyrrole nitrogens is 1. The molecule has 0 unspecified atom stereocenters. The van der Waals surface area contributed by atoms with E-state index in [-0.39, 0.29) is 0 Å². The summed E-state index contributed by atoms with van der Waals surface area (Å²) >= 11 is 0. The molecular weight excluding hydrogens is 208 g/mol. The van der Waals surface area contributed by atoms with Crippen molar-refractivity contribution < 1.29 is 0 Å². The van der Waals surface area contributed by atoms with E-state index in [0.717, 1.165) is 16.9 Å². The first-order valence-electron chi connectivity index (χ1n) is 5.59. The molecule has 1 N–H and O–H groups in total. The number of aromatic nitrogens is 2. The van der Waals surface area contributed by atoms with Gasteiger partial charge in [0, 0.05) is 17.3 Å². The maximum absolute atomic E-state index is 4.57. The summed E-state index contributed by atoms with van der Waals surface area (Å²) in [6.07, 6.45) is 5.95. The van der Waals surface area contributed by atoms with E-state index in [2.05, 4.69) is 22.1 Å². The molecule has 0 atom stereocenters. The molecule has 2 heteroatoms. The molecule has 0 radical (unpaired) electrons. The minimum atomic E-state index is 0.971. The summed E-state index contributed by atoms with van der Waals surface area (Å²) in [6, 6.07) is 16.3. The average Bonchev–Trinajstić information content (AvgIpc) is 2.89. The minimum absolute atomic E-state index is 0.971. The van der Waals surface area contributed by atoms with Gasteiger partial charge in [-0.3, -0.25) is 0 Å². The summed E-state index contributed by atoms with van der Waals surface area (Å²) < 4.78 is 0. The quantitative estimate of drug-likeness (QED) is 0.700. The second-order valence-electron chi connectivity index (χ2n) is 3.89. The van der Waals surface area contributed by atoms with Gasteiger partial charge >= 0.3 is 0 Å². The van der Waals surface area contributed by atoms with Crippen molar-refractivity contribution in [2.75, 3.05) is 0 Å². The molecule has 0 saturated heterocycles. The number of nitrogens with zero attached hydrogens (tertiary/aromatic N) is 1. The highest BCUT2D eigenvalue weighted by molar-refractivity contribution is 5.80. The Morgan fingerprint density at radius 1 is 0.882 bits per heavy atom. The van der Waals surface area contributed by atoms with Crippen molar-refractivity contribution in [3.8, 4) is 0 Å². The Labute approximate surface area is 99.6 Å². The number of hydrogen-bond donors (Lipinski definition) is 1. The minimum Gasteiger partial charge on any atom is -0.362 e. The third-order valence-electron chi connectivity index (χ3n) is 2.68. The van der Waals surface area contributed by atoms with Gasteiger partial charge in [-0.1, -0.05) is 24.3 Å². The van der Waals surface area contributed by atoms with Crippen molar-refractivity contribution in [2.45, 2.75) is 0 Å². The molecule has 0 aliphatic rings. The van der Waals surface area contributed by atoms with Crippen LogP contribution in [-0.4, -0.2) is 9.97 Å². The summed E-state index contributed by atoms with van der Waals surface area (Å²) in [7, 11) is 0. The van der Waals surface area contributed by atoms with E-state index in [0.29, 0.717) is 0 Å². The molecule has 0 fully saturated rings. The summed E-state index contributed by atoms with van der Waals surface area (Å²) in [4.78, 5) is 7.70. The van der Waals surface area contributed by atoms with Crippen LogP contribution in [0.15, 0.2) is 54.7 Å². The molecule has 0 spiro atoms. The number of benzene rings is 1. The van der Waals surface area contributed by atoms with Crippen LogP contribution in [0.4, 0.5) is 0 Å². The highest BCUT2D eigenvalue weighted by atomic mass is 14.7. The van der Waals surface area contributed by atoms with Crippen LogP contribution in [0.3, 0.4) is 0 Å². The fourth-order valence-electron chi connectivity index (χ4n) is 1.80. The summed E-state index contributed by atoms with van der Waals surface area (Å²) in [5.41, 5.74) is 3.08. The highest BCUT2D eigenvalue weighted by Crippen LogP contribution is 2.13. The van der Waals surface area contributed by atoms with E-state index < -0.39 is 0 Å². The Hall–Kier alpha value is -2.35. The zero-order valence-corrected chi connectivity index (χ0v) is 9.30. The molecule has 3 aromatic rings. The molecule has 0 bridgehead atoms. The maximum Gasteiger partial charge on any atom is 0.0709 e. The molecule has 0 amide bonds. The Kier molecular flexibility index (Phi) is 2.47. The van der Waals surface area contributed by atoms with Crippen molar-refractivity contribution in [2.24, 2.45) is 0 Å². The first-order valence-corrected chi connectivity index (χ1v) is 5.59. The zero-order chi connectivity index (χ0) is 11.5. The maximum atomic E-state index is 4.57. The van der Waals surface area contributed by atoms with Crippen molar-refractivity contribution in [3.05, 3.63) is 66.1 Å². The number of pyridine rings is 1. The van der Waals surface area contributed by atoms with Gasteiger partial charge in [-0.15, -0.1) is 0 Å². The van der Waals surface area contributed by atoms with Crippen molar-refractivity contribution in [1.82, 2.24) is 9.97 Å². The number of para-hydroxylation sites is 1. The lowest BCUT2D eigenvalue weighted by molar-refractivity contribution is 1.36. The first-order chi connectivity index (χ1) is 8.42. The fraction of sp³-hybridized carbons (Fsp3) is 0. The van der Waals surface area contributed by atoms with E-state index in [4.69, 9.17) is 0 Å². The Morgan fingerprint density at radius 3 is 2.71 bits per heavy atom. The molecule has 0 saturated carbocycles. The van der Waals surface area contributed by atoms with Gasteiger partial charge in [-0.25, -0.2) is 4.98 Å². The topological polar surface area (TPSA) is 28.7 Å². The van der Waals surface area contributed by atoms with Crippen LogP contribution in [0.2, 0.25) is 0 Å². The van der Waals surface area contributed by atoms with E-state index in [1.165, 1.54) is 5.39 Å². The van der Waals surface area contributed by atoms with Crippen molar-refractivity contribution >= 4 is 23.1 Å². The fourth-order valence-corrected chi connectivity index (χ4v) is 1.80. The number of hydrogen-bond acceptors (Lipinski definition) is 1. The van der Waals surface area contributed by atoms with E-state index >= 15 is 0 Å². The Morgan fingerprint density at radius 2 is 1.82 bits per heavy atom. The normalized spacial score (nSPS) is 11.3. The van der Waals surface area contributed by atoms with Crippen molar-refractivity contribution in [1.29, 1.82) is 0 Å². The highest BCUT2D eigenvalue weighted by Gasteiger charge is 1.94. The lowest BCUT2D eigenvalue weighted by atomic mass is 10.2. The monoisotopic (exact) mass is 220 g/mol. The number of fused-ring (bicyclic) bond motifs is 1. The largest absolute Gasteiger partial charge is 0.362 e. The molecule has 0 aliphatic heterocycles. The summed E-state index contributed by atoms with van der Waals surface area (Å²) in [6.45, 7) is 0. The van der Waals surface area contributed by atoms with Gasteiger partial charge in [-0.2, -0.15) is 0 Å². The lowest BCUT2D eigenvalue weighted by Gasteiger charge is -1.97. The smallest absolute Gasteiger partial charge is 0.0709 e. The van der Waals surface area contributed by atoms with Gasteiger partial charge in [0.1, 0.15) is 0 Å². The molecule has 2 nitrogen and oxygen atoms in total. The van der Waals surface area contributed by atoms with Crippen LogP contribution in [0.25, 0.3) is 23.1 Å². The molecule has 3 rings (SSSR count). The Balaban J connectivity index is 1.96. The first kappa shape index (κ1) is 9.85. The Bertz CT molecular complexity index is 652. The van der Waals surface area contributed by atoms with Crippen LogP contribution in [-0.2, 0) is 0 Å². The van der Waals surface area contributed by atoms with E-state index in [1.54, 1.807) is 0 Å². The standard InChI is InChI=1S/C15H12N2/c1-2-6-15-12(4-1)7-8-14(17-15)10-9-13-5-3-11-16-13/h1-11,16H. The van der Waals surface area contributed by atoms with Gasteiger partial charge in [0.15, 0.2) is 0 Å². The van der Waals surface area contributed by atoms with Crippen LogP contribution in [0, 0.1) is 0 Å². The van der Waals surface area contributed by atoms with Crippen molar-refractivity contribution in [3.63, 3.8) is 0 Å². The molecule has 17 heavy (non-hydrogen) atoms. The van der Waals surface area contributed by atoms with E-state index in [9.17, 15) is 0 Å². The molecule has 0 aliphatic carbocycles. The third-order valence-corrected chi connectivity index (χ3v) is 2.68. The van der Waals surface area contributed by atoms with Crippen LogP contribution < -0.4 is 0 Å². The van der Waals surface area contributed by atoms with Gasteiger partial charge < -0.3 is 4.98 Å². The summed E-state index contributed by atoms with van der Waals surface area (Å²) in [5.74, 6) is 0. The third kappa shape index (κ3) is 2.11. The average molecular weight is 220 g/mol. The van der Waals surface area contributed by atoms with Gasteiger partial charge in [0.2, 0.25) is 0 Å². The van der Waals surface area contributed by atoms with Crippen LogP contribution >= 0.6 is 0 Å². The van der Waals surface area contributed by atoms with Crippen LogP contribution in [0.5, 0.6) is 0 Å². The second-order valence-corrected chi connectivity index (χ2v) is 3.89. The van der Waals surface area contributed by atoms with Gasteiger partial charge in [0.05, 0.1) is 11.2 Å². The number of rotatable bonds is 2. The summed E-state index contributed by atoms with van der Waals surface area (Å²) in [5, 5.41) is 1.17. The van der Waals surface area contributed by atoms with Gasteiger partial charge in [0.25, 0.3) is 0 Å². The molecular formula is C15H12N2. The predicted octanol–water partition coefficient (Wildman–Crippen LogP) is 3.73. The lowest BCUT2D eigenvalue weighted by Crippen LogP contribution is -1.82.